The van der Waals surface area contributed by atoms with Crippen LogP contribution in [0.4, 0.5) is 4.79 Å². The fourth-order valence-corrected chi connectivity index (χ4v) is 2.81. The highest BCUT2D eigenvalue weighted by atomic mass is 17.2. The van der Waals surface area contributed by atoms with Crippen LogP contribution in [0.25, 0.3) is 0 Å². The summed E-state index contributed by atoms with van der Waals surface area (Å²) < 4.78 is 11.6. The van der Waals surface area contributed by atoms with Crippen molar-refractivity contribution in [2.45, 2.75) is 77.5 Å². The predicted molar refractivity (Wildman–Crippen MR) is 85.7 cm³/mol. The van der Waals surface area contributed by atoms with Gasteiger partial charge in [-0.3, -0.25) is 0 Å². The average molecular weight is 327 g/mol. The maximum Gasteiger partial charge on any atom is 0.410 e. The van der Waals surface area contributed by atoms with Crippen molar-refractivity contribution in [1.29, 1.82) is 0 Å². The molecule has 2 atom stereocenters. The Hall–Kier alpha value is -1.11. The molecule has 2 saturated heterocycles. The van der Waals surface area contributed by atoms with Crippen molar-refractivity contribution in [1.82, 2.24) is 4.90 Å². The van der Waals surface area contributed by atoms with Crippen LogP contribution in [0.3, 0.4) is 0 Å². The molecule has 0 aromatic heterocycles. The van der Waals surface area contributed by atoms with Crippen molar-refractivity contribution in [2.24, 2.45) is 0 Å². The molecular weight excluding hydrogens is 298 g/mol. The number of hydrogen-bond acceptors (Lipinski definition) is 5. The molecular formula is C17H29NO5. The molecule has 2 aliphatic heterocycles. The second-order valence-electron chi connectivity index (χ2n) is 7.39. The summed E-state index contributed by atoms with van der Waals surface area (Å²) in [4.78, 5) is 24.9. The van der Waals surface area contributed by atoms with Gasteiger partial charge in [0, 0.05) is 25.9 Å². The van der Waals surface area contributed by atoms with Crippen LogP contribution in [0.15, 0.2) is 12.2 Å². The number of likely N-dealkylation sites (tertiary alicyclic amines) is 1. The van der Waals surface area contributed by atoms with Crippen molar-refractivity contribution in [3.05, 3.63) is 12.2 Å². The van der Waals surface area contributed by atoms with E-state index in [4.69, 9.17) is 19.2 Å². The minimum absolute atomic E-state index is 0.0747. The Balaban J connectivity index is 1.93. The number of carbonyl (C=O) groups excluding carboxylic acids is 1. The summed E-state index contributed by atoms with van der Waals surface area (Å²) >= 11 is 0. The third-order valence-corrected chi connectivity index (χ3v) is 4.07. The summed E-state index contributed by atoms with van der Waals surface area (Å²) in [6.07, 6.45) is 1.33. The molecule has 6 nitrogen and oxygen atoms in total. The Morgan fingerprint density at radius 2 is 1.96 bits per heavy atom. The first kappa shape index (κ1) is 18.2. The normalized spacial score (nSPS) is 27.8. The number of amides is 1. The summed E-state index contributed by atoms with van der Waals surface area (Å²) in [6, 6.07) is 0. The van der Waals surface area contributed by atoms with Crippen molar-refractivity contribution >= 4 is 6.09 Å². The summed E-state index contributed by atoms with van der Waals surface area (Å²) in [5, 5.41) is 0. The summed E-state index contributed by atoms with van der Waals surface area (Å²) in [7, 11) is 0. The van der Waals surface area contributed by atoms with E-state index in [0.717, 1.165) is 12.0 Å². The Kier molecular flexibility index (Phi) is 5.38. The minimum Gasteiger partial charge on any atom is -0.444 e. The van der Waals surface area contributed by atoms with Crippen molar-refractivity contribution < 1.29 is 24.0 Å². The van der Waals surface area contributed by atoms with Crippen LogP contribution in [0, 0.1) is 0 Å². The smallest absolute Gasteiger partial charge is 0.410 e. The van der Waals surface area contributed by atoms with E-state index in [9.17, 15) is 4.79 Å². The van der Waals surface area contributed by atoms with Crippen LogP contribution in [0.5, 0.6) is 0 Å². The zero-order valence-corrected chi connectivity index (χ0v) is 14.9. The van der Waals surface area contributed by atoms with Crippen LogP contribution >= 0.6 is 0 Å². The Labute approximate surface area is 138 Å². The predicted octanol–water partition coefficient (Wildman–Crippen LogP) is 3.42. The maximum atomic E-state index is 12.1. The van der Waals surface area contributed by atoms with Gasteiger partial charge in [0.1, 0.15) is 11.7 Å². The first-order valence-electron chi connectivity index (χ1n) is 8.31. The van der Waals surface area contributed by atoms with Crippen LogP contribution in [-0.2, 0) is 19.2 Å². The minimum atomic E-state index is -0.773. The van der Waals surface area contributed by atoms with E-state index in [2.05, 4.69) is 13.5 Å². The van der Waals surface area contributed by atoms with Gasteiger partial charge >= 0.3 is 6.09 Å². The van der Waals surface area contributed by atoms with Gasteiger partial charge in [-0.15, -0.1) is 0 Å². The highest BCUT2D eigenvalue weighted by molar-refractivity contribution is 5.68. The molecule has 6 heteroatoms. The van der Waals surface area contributed by atoms with Crippen LogP contribution in [0.1, 0.15) is 53.9 Å². The van der Waals surface area contributed by atoms with E-state index >= 15 is 0 Å². The zero-order chi connectivity index (χ0) is 17.3. The monoisotopic (exact) mass is 327 g/mol. The van der Waals surface area contributed by atoms with Gasteiger partial charge in [-0.25, -0.2) is 14.6 Å². The molecule has 1 amide bonds. The van der Waals surface area contributed by atoms with Gasteiger partial charge in [0.15, 0.2) is 0 Å². The summed E-state index contributed by atoms with van der Waals surface area (Å²) in [5.41, 5.74) is 0.396. The van der Waals surface area contributed by atoms with Crippen LogP contribution < -0.4 is 0 Å². The molecule has 132 valence electrons. The molecule has 2 aliphatic rings. The number of ether oxygens (including phenoxy) is 2. The molecule has 2 rings (SSSR count). The number of hydrogen-bond donors (Lipinski definition) is 0. The molecule has 0 bridgehead atoms. The first-order valence-corrected chi connectivity index (χ1v) is 8.31. The summed E-state index contributed by atoms with van der Waals surface area (Å²) in [6.45, 7) is 14.5. The molecule has 0 unspecified atom stereocenters. The van der Waals surface area contributed by atoms with Gasteiger partial charge in [0.2, 0.25) is 5.79 Å². The molecule has 23 heavy (non-hydrogen) atoms. The van der Waals surface area contributed by atoms with E-state index in [1.54, 1.807) is 4.90 Å². The van der Waals surface area contributed by atoms with Crippen molar-refractivity contribution in [3.63, 3.8) is 0 Å². The van der Waals surface area contributed by atoms with Gasteiger partial charge in [-0.1, -0.05) is 13.5 Å². The topological polar surface area (TPSA) is 57.2 Å². The zero-order valence-electron chi connectivity index (χ0n) is 14.9. The largest absolute Gasteiger partial charge is 0.444 e. The van der Waals surface area contributed by atoms with Gasteiger partial charge < -0.3 is 14.4 Å². The maximum absolute atomic E-state index is 12.1. The lowest BCUT2D eigenvalue weighted by Crippen LogP contribution is -2.56. The number of nitrogens with zero attached hydrogens (tertiary/aromatic N) is 1. The van der Waals surface area contributed by atoms with Crippen LogP contribution in [0.2, 0.25) is 0 Å². The summed E-state index contributed by atoms with van der Waals surface area (Å²) in [5.74, 6) is -0.773. The number of rotatable bonds is 2. The van der Waals surface area contributed by atoms with E-state index < -0.39 is 11.4 Å². The van der Waals surface area contributed by atoms with Gasteiger partial charge in [0.25, 0.3) is 0 Å². The van der Waals surface area contributed by atoms with E-state index in [-0.39, 0.29) is 18.3 Å². The quantitative estimate of drug-likeness (QED) is 0.574. The number of piperidine rings is 1. The molecule has 2 fully saturated rings. The van der Waals surface area contributed by atoms with E-state index in [0.29, 0.717) is 25.9 Å². The lowest BCUT2D eigenvalue weighted by molar-refractivity contribution is -0.502. The molecule has 0 aromatic carbocycles. The standard InChI is InChI=1S/C17H29NO5/c1-7-13-14(12(2)3)22-23-17(20-13)8-10-18(11-9-17)15(19)21-16(4,5)6/h13-14H,2,7-11H2,1,3-6H3/t13-,14-/m1/s1. The highest BCUT2D eigenvalue weighted by Gasteiger charge is 2.47. The van der Waals surface area contributed by atoms with Gasteiger partial charge in [0.05, 0.1) is 6.10 Å². The Morgan fingerprint density at radius 3 is 2.43 bits per heavy atom. The Morgan fingerprint density at radius 1 is 1.35 bits per heavy atom. The van der Waals surface area contributed by atoms with Crippen LogP contribution in [-0.4, -0.2) is 47.7 Å². The molecule has 1 spiro atoms. The van der Waals surface area contributed by atoms with Crippen molar-refractivity contribution in [2.75, 3.05) is 13.1 Å². The number of carbonyl (C=O) groups is 1. The lowest BCUT2D eigenvalue weighted by atomic mass is 10.00. The molecule has 2 heterocycles. The fourth-order valence-electron chi connectivity index (χ4n) is 2.81. The van der Waals surface area contributed by atoms with E-state index in [1.165, 1.54) is 0 Å². The molecule has 0 N–H and O–H groups in total. The van der Waals surface area contributed by atoms with Gasteiger partial charge in [-0.05, 0) is 39.7 Å². The lowest BCUT2D eigenvalue weighted by Gasteiger charge is -2.46. The third kappa shape index (κ3) is 4.46. The fraction of sp³-hybridized carbons (Fsp3) is 0.824. The molecule has 0 radical (unpaired) electrons. The molecule has 0 aromatic rings. The third-order valence-electron chi connectivity index (χ3n) is 4.07. The highest BCUT2D eigenvalue weighted by Crippen LogP contribution is 2.37. The molecule has 0 saturated carbocycles. The van der Waals surface area contributed by atoms with Crippen molar-refractivity contribution in [3.8, 4) is 0 Å². The average Bonchev–Trinajstić information content (AvgIpc) is 2.45. The second-order valence-corrected chi connectivity index (χ2v) is 7.39. The van der Waals surface area contributed by atoms with Gasteiger partial charge in [-0.2, -0.15) is 0 Å². The van der Waals surface area contributed by atoms with E-state index in [1.807, 2.05) is 27.7 Å². The SMILES string of the molecule is C=C(C)[C@H]1OOC2(CCN(C(=O)OC(C)(C)C)CC2)O[C@@H]1CC. The Bertz CT molecular complexity index is 448. The first-order chi connectivity index (χ1) is 10.7. The second kappa shape index (κ2) is 6.79. The molecule has 0 aliphatic carbocycles.